The van der Waals surface area contributed by atoms with Crippen LogP contribution in [0.15, 0.2) is 18.5 Å². The summed E-state index contributed by atoms with van der Waals surface area (Å²) in [7, 11) is 1.42. The Hall–Kier alpha value is -3.22. The van der Waals surface area contributed by atoms with Gasteiger partial charge in [0, 0.05) is 25.4 Å². The number of carbonyl (C=O) groups is 1. The van der Waals surface area contributed by atoms with Gasteiger partial charge in [0.25, 0.3) is 5.92 Å². The number of aromatic carboxylic acids is 1. The van der Waals surface area contributed by atoms with Gasteiger partial charge in [0.1, 0.15) is 11.6 Å². The first kappa shape index (κ1) is 17.6. The lowest BCUT2D eigenvalue weighted by Gasteiger charge is -2.20. The Labute approximate surface area is 147 Å². The number of anilines is 1. The molecule has 1 aliphatic heterocycles. The van der Waals surface area contributed by atoms with Gasteiger partial charge in [-0.15, -0.1) is 0 Å². The molecular formula is C16H15F2N5O3. The third-order valence-corrected chi connectivity index (χ3v) is 4.02. The fraction of sp³-hybridized carbons (Fsp3) is 0.375. The van der Waals surface area contributed by atoms with Gasteiger partial charge in [-0.05, 0) is 11.6 Å². The van der Waals surface area contributed by atoms with Crippen LogP contribution in [-0.4, -0.2) is 52.0 Å². The maximum Gasteiger partial charge on any atom is 0.340 e. The predicted molar refractivity (Wildman–Crippen MR) is 85.6 cm³/mol. The van der Waals surface area contributed by atoms with Gasteiger partial charge < -0.3 is 14.7 Å². The summed E-state index contributed by atoms with van der Waals surface area (Å²) in [5.74, 6) is -3.32. The molecule has 136 valence electrons. The number of rotatable bonds is 5. The second-order valence-corrected chi connectivity index (χ2v) is 5.90. The molecule has 0 radical (unpaired) electrons. The smallest absolute Gasteiger partial charge is 0.340 e. The molecule has 26 heavy (non-hydrogen) atoms. The van der Waals surface area contributed by atoms with Crippen molar-refractivity contribution in [3.8, 4) is 11.8 Å². The lowest BCUT2D eigenvalue weighted by Crippen LogP contribution is -2.26. The van der Waals surface area contributed by atoms with Gasteiger partial charge in [0.05, 0.1) is 20.2 Å². The van der Waals surface area contributed by atoms with Crippen molar-refractivity contribution in [3.05, 3.63) is 35.3 Å². The number of nitriles is 1. The number of hydrogen-bond donors (Lipinski definition) is 1. The van der Waals surface area contributed by atoms with Crippen molar-refractivity contribution in [2.24, 2.45) is 0 Å². The third kappa shape index (κ3) is 3.42. The van der Waals surface area contributed by atoms with Gasteiger partial charge >= 0.3 is 5.97 Å². The summed E-state index contributed by atoms with van der Waals surface area (Å²) in [5, 5.41) is 21.9. The minimum absolute atomic E-state index is 0.155. The van der Waals surface area contributed by atoms with Crippen molar-refractivity contribution >= 4 is 11.8 Å². The summed E-state index contributed by atoms with van der Waals surface area (Å²) in [6, 6.07) is 3.36. The molecule has 2 aromatic heterocycles. The molecule has 0 amide bonds. The lowest BCUT2D eigenvalue weighted by molar-refractivity contribution is 0.0256. The minimum atomic E-state index is -2.75. The molecule has 0 spiro atoms. The van der Waals surface area contributed by atoms with Crippen molar-refractivity contribution in [2.75, 3.05) is 25.1 Å². The quantitative estimate of drug-likeness (QED) is 0.863. The second-order valence-electron chi connectivity index (χ2n) is 5.90. The molecule has 0 bridgehead atoms. The Morgan fingerprint density at radius 2 is 2.31 bits per heavy atom. The van der Waals surface area contributed by atoms with Crippen LogP contribution in [0.4, 0.5) is 14.6 Å². The highest BCUT2D eigenvalue weighted by Crippen LogP contribution is 2.34. The van der Waals surface area contributed by atoms with Crippen LogP contribution in [0.25, 0.3) is 0 Å². The number of hydrogen-bond acceptors (Lipinski definition) is 6. The molecule has 3 rings (SSSR count). The van der Waals surface area contributed by atoms with Crippen LogP contribution in [-0.2, 0) is 6.54 Å². The van der Waals surface area contributed by atoms with E-state index >= 15 is 0 Å². The molecule has 8 nitrogen and oxygen atoms in total. The highest BCUT2D eigenvalue weighted by atomic mass is 19.3. The highest BCUT2D eigenvalue weighted by Gasteiger charge is 2.39. The summed E-state index contributed by atoms with van der Waals surface area (Å²) in [4.78, 5) is 16.8. The number of nitrogens with zero attached hydrogens (tertiary/aromatic N) is 5. The Balaban J connectivity index is 1.84. The zero-order chi connectivity index (χ0) is 18.9. The van der Waals surface area contributed by atoms with Crippen molar-refractivity contribution in [2.45, 2.75) is 18.9 Å². The van der Waals surface area contributed by atoms with Crippen molar-refractivity contribution in [1.29, 1.82) is 5.26 Å². The van der Waals surface area contributed by atoms with Crippen LogP contribution >= 0.6 is 0 Å². The van der Waals surface area contributed by atoms with Gasteiger partial charge in [-0.3, -0.25) is 4.68 Å². The second kappa shape index (κ2) is 6.59. The van der Waals surface area contributed by atoms with Crippen LogP contribution in [0.1, 0.15) is 28.0 Å². The number of alkyl halides is 2. The molecule has 0 aromatic carbocycles. The van der Waals surface area contributed by atoms with Crippen LogP contribution < -0.4 is 9.64 Å². The SMILES string of the molecule is COc1cc(Cn2cc(C(=O)O)c(C#N)n2)cnc1N1CCC(F)(F)C1. The Morgan fingerprint density at radius 3 is 2.85 bits per heavy atom. The summed E-state index contributed by atoms with van der Waals surface area (Å²) < 4.78 is 33.4. The van der Waals surface area contributed by atoms with E-state index in [0.29, 0.717) is 17.1 Å². The molecule has 0 aliphatic carbocycles. The van der Waals surface area contributed by atoms with E-state index in [1.165, 1.54) is 29.1 Å². The summed E-state index contributed by atoms with van der Waals surface area (Å²) in [5.41, 5.74) is 0.247. The molecule has 0 unspecified atom stereocenters. The summed E-state index contributed by atoms with van der Waals surface area (Å²) in [6.07, 6.45) is 2.51. The van der Waals surface area contributed by atoms with Gasteiger partial charge in [-0.25, -0.2) is 18.6 Å². The van der Waals surface area contributed by atoms with E-state index in [9.17, 15) is 13.6 Å². The van der Waals surface area contributed by atoms with Crippen molar-refractivity contribution < 1.29 is 23.4 Å². The minimum Gasteiger partial charge on any atom is -0.493 e. The first-order valence-corrected chi connectivity index (χ1v) is 7.69. The molecule has 2 aromatic rings. The zero-order valence-corrected chi connectivity index (χ0v) is 13.8. The predicted octanol–water partition coefficient (Wildman–Crippen LogP) is 1.75. The van der Waals surface area contributed by atoms with Crippen LogP contribution in [0.5, 0.6) is 5.75 Å². The van der Waals surface area contributed by atoms with Crippen LogP contribution in [0.2, 0.25) is 0 Å². The molecule has 1 fully saturated rings. The summed E-state index contributed by atoms with van der Waals surface area (Å²) in [6.45, 7) is -0.0769. The topological polar surface area (TPSA) is 104 Å². The first-order chi connectivity index (χ1) is 12.3. The fourth-order valence-electron chi connectivity index (χ4n) is 2.80. The molecule has 1 aliphatic rings. The zero-order valence-electron chi connectivity index (χ0n) is 13.8. The maximum atomic E-state index is 13.4. The standard InChI is InChI=1S/C16H15F2N5O3/c1-26-13-4-10(6-20-14(13)22-3-2-16(17,18)9-22)7-23-8-11(15(24)25)12(5-19)21-23/h4,6,8H,2-3,7,9H2,1H3,(H,24,25). The van der Waals surface area contributed by atoms with Crippen molar-refractivity contribution in [1.82, 2.24) is 14.8 Å². The van der Waals surface area contributed by atoms with Gasteiger partial charge in [-0.1, -0.05) is 0 Å². The molecule has 0 saturated carbocycles. The van der Waals surface area contributed by atoms with Crippen LogP contribution in [0.3, 0.4) is 0 Å². The van der Waals surface area contributed by atoms with Gasteiger partial charge in [0.15, 0.2) is 17.3 Å². The normalized spacial score (nSPS) is 15.7. The highest BCUT2D eigenvalue weighted by molar-refractivity contribution is 5.89. The van der Waals surface area contributed by atoms with E-state index in [-0.39, 0.29) is 30.8 Å². The number of methoxy groups -OCH3 is 1. The number of pyridine rings is 1. The number of ether oxygens (including phenoxy) is 1. The number of carboxylic acids is 1. The van der Waals surface area contributed by atoms with E-state index in [0.717, 1.165) is 0 Å². The molecule has 1 saturated heterocycles. The van der Waals surface area contributed by atoms with E-state index in [4.69, 9.17) is 15.1 Å². The monoisotopic (exact) mass is 363 g/mol. The average Bonchev–Trinajstić information content (AvgIpc) is 3.17. The Bertz CT molecular complexity index is 890. The first-order valence-electron chi connectivity index (χ1n) is 7.69. The van der Waals surface area contributed by atoms with E-state index < -0.39 is 18.4 Å². The molecule has 1 N–H and O–H groups in total. The fourth-order valence-corrected chi connectivity index (χ4v) is 2.80. The number of halogens is 2. The Kier molecular flexibility index (Phi) is 4.46. The van der Waals surface area contributed by atoms with Crippen molar-refractivity contribution in [3.63, 3.8) is 0 Å². The van der Waals surface area contributed by atoms with Gasteiger partial charge in [-0.2, -0.15) is 10.4 Å². The van der Waals surface area contributed by atoms with Gasteiger partial charge in [0.2, 0.25) is 0 Å². The largest absolute Gasteiger partial charge is 0.493 e. The van der Waals surface area contributed by atoms with E-state index in [2.05, 4.69) is 10.1 Å². The third-order valence-electron chi connectivity index (χ3n) is 4.02. The van der Waals surface area contributed by atoms with Crippen LogP contribution in [0, 0.1) is 11.3 Å². The molecule has 0 atom stereocenters. The molecule has 3 heterocycles. The maximum absolute atomic E-state index is 13.4. The Morgan fingerprint density at radius 1 is 1.54 bits per heavy atom. The van der Waals surface area contributed by atoms with E-state index in [1.54, 1.807) is 12.1 Å². The summed E-state index contributed by atoms with van der Waals surface area (Å²) >= 11 is 0. The average molecular weight is 363 g/mol. The lowest BCUT2D eigenvalue weighted by atomic mass is 10.2. The number of aromatic nitrogens is 3. The number of carboxylic acid groups (broad SMARTS) is 1. The van der Waals surface area contributed by atoms with E-state index in [1.807, 2.05) is 0 Å². The molecule has 10 heteroatoms. The molecular weight excluding hydrogens is 348 g/mol.